The van der Waals surface area contributed by atoms with Crippen LogP contribution in [0.1, 0.15) is 58.1 Å². The van der Waals surface area contributed by atoms with Crippen LogP contribution in [0.3, 0.4) is 0 Å². The van der Waals surface area contributed by atoms with E-state index in [1.165, 1.54) is 6.42 Å². The number of piperidine rings is 1. The van der Waals surface area contributed by atoms with E-state index in [0.717, 1.165) is 29.7 Å². The molecule has 1 fully saturated rings. The fraction of sp³-hybridized carbons (Fsp3) is 0.579. The van der Waals surface area contributed by atoms with Crippen LogP contribution in [0.4, 0.5) is 0 Å². The topological polar surface area (TPSA) is 32.7 Å². The van der Waals surface area contributed by atoms with Crippen molar-refractivity contribution in [1.82, 2.24) is 5.06 Å². The maximum absolute atomic E-state index is 9.29. The van der Waals surface area contributed by atoms with Crippen LogP contribution in [0.5, 0.6) is 5.75 Å². The first-order valence-corrected chi connectivity index (χ1v) is 8.15. The van der Waals surface area contributed by atoms with Crippen LogP contribution in [-0.2, 0) is 6.42 Å². The number of benzene rings is 1. The van der Waals surface area contributed by atoms with Gasteiger partial charge in [-0.3, -0.25) is 0 Å². The lowest BCUT2D eigenvalue weighted by atomic mass is 9.82. The van der Waals surface area contributed by atoms with E-state index in [2.05, 4.69) is 39.3 Å². The molecule has 0 unspecified atom stereocenters. The second-order valence-corrected chi connectivity index (χ2v) is 7.41. The highest BCUT2D eigenvalue weighted by atomic mass is 16.7. The molecule has 1 aromatic carbocycles. The molecule has 1 aliphatic rings. The predicted molar refractivity (Wildman–Crippen MR) is 91.8 cm³/mol. The lowest BCUT2D eigenvalue weighted by Crippen LogP contribution is -2.60. The van der Waals surface area contributed by atoms with Gasteiger partial charge in [-0.15, -0.1) is 5.06 Å². The highest BCUT2D eigenvalue weighted by Gasteiger charge is 2.43. The van der Waals surface area contributed by atoms with E-state index in [4.69, 9.17) is 4.84 Å². The van der Waals surface area contributed by atoms with Gasteiger partial charge in [0.25, 0.3) is 0 Å². The van der Waals surface area contributed by atoms with Gasteiger partial charge >= 0.3 is 0 Å². The van der Waals surface area contributed by atoms with Gasteiger partial charge in [0.15, 0.2) is 5.75 Å². The Morgan fingerprint density at radius 2 is 1.86 bits per heavy atom. The molecule has 0 aliphatic carbocycles. The lowest BCUT2D eigenvalue weighted by molar-refractivity contribution is -0.217. The largest absolute Gasteiger partial charge is 0.405 e. The average Bonchev–Trinajstić information content (AvgIpc) is 2.44. The van der Waals surface area contributed by atoms with Gasteiger partial charge in [-0.05, 0) is 70.6 Å². The Morgan fingerprint density at radius 1 is 1.23 bits per heavy atom. The van der Waals surface area contributed by atoms with Crippen molar-refractivity contribution in [3.63, 3.8) is 0 Å². The predicted octanol–water partition coefficient (Wildman–Crippen LogP) is 4.20. The van der Waals surface area contributed by atoms with E-state index >= 15 is 0 Å². The summed E-state index contributed by atoms with van der Waals surface area (Å²) >= 11 is 0. The summed E-state index contributed by atoms with van der Waals surface area (Å²) in [4.78, 5) is 6.39. The number of aliphatic hydroxyl groups is 1. The van der Waals surface area contributed by atoms with Crippen LogP contribution in [0.15, 0.2) is 24.8 Å². The molecule has 1 N–H and O–H groups in total. The Kier molecular flexibility index (Phi) is 4.98. The average molecular weight is 303 g/mol. The summed E-state index contributed by atoms with van der Waals surface area (Å²) in [6.07, 6.45) is 5.87. The molecule has 1 aromatic rings. The molecule has 1 saturated heterocycles. The fourth-order valence-corrected chi connectivity index (χ4v) is 3.43. The summed E-state index contributed by atoms with van der Waals surface area (Å²) in [6.45, 7) is 12.9. The zero-order chi connectivity index (χ0) is 16.4. The van der Waals surface area contributed by atoms with Crippen LogP contribution < -0.4 is 4.84 Å². The highest BCUT2D eigenvalue weighted by Crippen LogP contribution is 2.39. The molecule has 22 heavy (non-hydrogen) atoms. The molecule has 3 nitrogen and oxygen atoms in total. The maximum Gasteiger partial charge on any atom is 0.151 e. The second-order valence-electron chi connectivity index (χ2n) is 7.41. The normalized spacial score (nSPS) is 20.6. The second kappa shape index (κ2) is 6.43. The van der Waals surface area contributed by atoms with E-state index in [1.54, 1.807) is 0 Å². The zero-order valence-electron chi connectivity index (χ0n) is 14.4. The van der Waals surface area contributed by atoms with Crippen molar-refractivity contribution in [1.29, 1.82) is 0 Å². The number of nitrogens with zero attached hydrogens (tertiary/aromatic N) is 1. The number of rotatable bonds is 5. The fourth-order valence-electron chi connectivity index (χ4n) is 3.43. The van der Waals surface area contributed by atoms with Crippen molar-refractivity contribution < 1.29 is 9.94 Å². The minimum atomic E-state index is -0.0115. The van der Waals surface area contributed by atoms with Gasteiger partial charge in [0.1, 0.15) is 0 Å². The van der Waals surface area contributed by atoms with Crippen LogP contribution in [0, 0.1) is 0 Å². The molecule has 3 heteroatoms. The van der Waals surface area contributed by atoms with E-state index in [9.17, 15) is 5.11 Å². The number of hydrogen-bond acceptors (Lipinski definition) is 3. The Bertz CT molecular complexity index is 518. The molecule has 122 valence electrons. The van der Waals surface area contributed by atoms with Gasteiger partial charge < -0.3 is 9.94 Å². The summed E-state index contributed by atoms with van der Waals surface area (Å²) in [7, 11) is 0. The third kappa shape index (κ3) is 3.53. The maximum atomic E-state index is 9.29. The van der Waals surface area contributed by atoms with Gasteiger partial charge in [0, 0.05) is 6.61 Å². The summed E-state index contributed by atoms with van der Waals surface area (Å²) < 4.78 is 0. The van der Waals surface area contributed by atoms with Gasteiger partial charge in [-0.1, -0.05) is 24.8 Å². The van der Waals surface area contributed by atoms with Gasteiger partial charge in [0.05, 0.1) is 11.1 Å². The molecule has 2 rings (SSSR count). The molecular formula is C19H29NO2. The van der Waals surface area contributed by atoms with Crippen molar-refractivity contribution >= 4 is 6.08 Å². The molecular weight excluding hydrogens is 274 g/mol. The molecule has 0 saturated carbocycles. The van der Waals surface area contributed by atoms with Gasteiger partial charge in [-0.25, -0.2) is 0 Å². The quantitative estimate of drug-likeness (QED) is 0.885. The monoisotopic (exact) mass is 303 g/mol. The molecule has 0 amide bonds. The Morgan fingerprint density at radius 3 is 2.41 bits per heavy atom. The van der Waals surface area contributed by atoms with Crippen molar-refractivity contribution in [2.24, 2.45) is 0 Å². The first-order chi connectivity index (χ1) is 10.3. The number of aliphatic hydroxyl groups excluding tert-OH is 1. The van der Waals surface area contributed by atoms with E-state index < -0.39 is 0 Å². The summed E-state index contributed by atoms with van der Waals surface area (Å²) in [5.41, 5.74) is 2.04. The molecule has 0 radical (unpaired) electrons. The standard InChI is InChI=1S/C19H29NO2/c1-6-15-8-9-16(10-13-21)17(14-15)22-20-18(2,3)11-7-12-19(20,4)5/h6,8-9,14,21H,1,7,10-13H2,2-5H3. The molecule has 1 heterocycles. The molecule has 0 aromatic heterocycles. The first kappa shape index (κ1) is 17.0. The van der Waals surface area contributed by atoms with Gasteiger partial charge in [0.2, 0.25) is 0 Å². The third-order valence-corrected chi connectivity index (χ3v) is 4.57. The van der Waals surface area contributed by atoms with E-state index in [1.807, 2.05) is 24.3 Å². The smallest absolute Gasteiger partial charge is 0.151 e. The van der Waals surface area contributed by atoms with Crippen LogP contribution in [0.25, 0.3) is 6.08 Å². The summed E-state index contributed by atoms with van der Waals surface area (Å²) in [5.74, 6) is 0.828. The molecule has 1 aliphatic heterocycles. The van der Waals surface area contributed by atoms with Crippen LogP contribution in [-0.4, -0.2) is 27.9 Å². The zero-order valence-corrected chi connectivity index (χ0v) is 14.4. The minimum Gasteiger partial charge on any atom is -0.405 e. The van der Waals surface area contributed by atoms with E-state index in [0.29, 0.717) is 6.42 Å². The summed E-state index contributed by atoms with van der Waals surface area (Å²) in [5, 5.41) is 11.4. The highest BCUT2D eigenvalue weighted by molar-refractivity contribution is 5.52. The van der Waals surface area contributed by atoms with E-state index in [-0.39, 0.29) is 17.7 Å². The molecule has 0 atom stereocenters. The Labute approximate surface area is 134 Å². The Hall–Kier alpha value is -1.32. The first-order valence-electron chi connectivity index (χ1n) is 8.15. The molecule has 0 bridgehead atoms. The number of hydroxylamine groups is 2. The lowest BCUT2D eigenvalue weighted by Gasteiger charge is -2.51. The Balaban J connectivity index is 2.36. The third-order valence-electron chi connectivity index (χ3n) is 4.57. The van der Waals surface area contributed by atoms with Crippen LogP contribution in [0.2, 0.25) is 0 Å². The van der Waals surface area contributed by atoms with Gasteiger partial charge in [-0.2, -0.15) is 0 Å². The van der Waals surface area contributed by atoms with Crippen molar-refractivity contribution in [3.05, 3.63) is 35.9 Å². The van der Waals surface area contributed by atoms with Crippen molar-refractivity contribution in [2.45, 2.75) is 64.5 Å². The number of hydrogen-bond donors (Lipinski definition) is 1. The van der Waals surface area contributed by atoms with Crippen molar-refractivity contribution in [2.75, 3.05) is 6.61 Å². The SMILES string of the molecule is C=Cc1ccc(CCO)c(ON2C(C)(C)CCCC2(C)C)c1. The van der Waals surface area contributed by atoms with Crippen LogP contribution >= 0.6 is 0 Å². The van der Waals surface area contributed by atoms with Crippen molar-refractivity contribution in [3.8, 4) is 5.75 Å². The minimum absolute atomic E-state index is 0.0115. The molecule has 0 spiro atoms. The summed E-state index contributed by atoms with van der Waals surface area (Å²) in [6, 6.07) is 6.04.